The van der Waals surface area contributed by atoms with Gasteiger partial charge in [-0.2, -0.15) is 0 Å². The fraction of sp³-hybridized carbons (Fsp3) is 0. The summed E-state index contributed by atoms with van der Waals surface area (Å²) in [7, 11) is 0. The van der Waals surface area contributed by atoms with Crippen molar-refractivity contribution in [3.05, 3.63) is 119 Å². The summed E-state index contributed by atoms with van der Waals surface area (Å²) in [6.07, 6.45) is 3.71. The van der Waals surface area contributed by atoms with Gasteiger partial charge in [0.25, 0.3) is 5.91 Å². The number of carbonyl (C=O) groups is 2. The summed E-state index contributed by atoms with van der Waals surface area (Å²) in [6.45, 7) is 0. The fourth-order valence-corrected chi connectivity index (χ4v) is 4.60. The van der Waals surface area contributed by atoms with Crippen molar-refractivity contribution >= 4 is 46.3 Å². The van der Waals surface area contributed by atoms with Crippen molar-refractivity contribution in [2.24, 2.45) is 4.99 Å². The van der Waals surface area contributed by atoms with Crippen LogP contribution >= 0.6 is 11.8 Å². The van der Waals surface area contributed by atoms with Crippen molar-refractivity contribution in [2.45, 2.75) is 0 Å². The van der Waals surface area contributed by atoms with Gasteiger partial charge in [0.1, 0.15) is 0 Å². The molecule has 1 aliphatic heterocycles. The maximum atomic E-state index is 13.5. The van der Waals surface area contributed by atoms with Gasteiger partial charge < -0.3 is 9.67 Å². The van der Waals surface area contributed by atoms with Crippen LogP contribution in [0.5, 0.6) is 0 Å². The highest BCUT2D eigenvalue weighted by atomic mass is 32.2. The molecular formula is C27H19N3O3S. The molecule has 2 heterocycles. The lowest BCUT2D eigenvalue weighted by molar-refractivity contribution is -0.113. The third-order valence-corrected chi connectivity index (χ3v) is 6.22. The van der Waals surface area contributed by atoms with Gasteiger partial charge in [0.15, 0.2) is 5.17 Å². The summed E-state index contributed by atoms with van der Waals surface area (Å²) in [5, 5.41) is 9.74. The molecule has 1 amide bonds. The number of carboxylic acids is 1. The molecule has 7 heteroatoms. The predicted octanol–water partition coefficient (Wildman–Crippen LogP) is 5.98. The van der Waals surface area contributed by atoms with Crippen molar-refractivity contribution < 1.29 is 14.7 Å². The van der Waals surface area contributed by atoms with Crippen LogP contribution in [0, 0.1) is 0 Å². The van der Waals surface area contributed by atoms with Crippen LogP contribution in [-0.4, -0.2) is 26.7 Å². The van der Waals surface area contributed by atoms with Crippen LogP contribution in [0.4, 0.5) is 11.4 Å². The van der Waals surface area contributed by atoms with Gasteiger partial charge in [-0.3, -0.25) is 9.69 Å². The lowest BCUT2D eigenvalue weighted by Gasteiger charge is -2.15. The number of aliphatic imine (C=N–C) groups is 1. The summed E-state index contributed by atoms with van der Waals surface area (Å²) >= 11 is 1.32. The van der Waals surface area contributed by atoms with E-state index in [1.54, 1.807) is 29.2 Å². The molecule has 0 atom stereocenters. The van der Waals surface area contributed by atoms with E-state index in [1.807, 2.05) is 89.6 Å². The van der Waals surface area contributed by atoms with E-state index in [2.05, 4.69) is 0 Å². The summed E-state index contributed by atoms with van der Waals surface area (Å²) in [4.78, 5) is 31.6. The Bertz CT molecular complexity index is 1410. The standard InChI is InChI=1S/C27H19N3O3S/c31-25-24(18-23-12-7-17-29(23)21-15-13-19(14-16-21)26(32)33)34-27(28-20-8-3-1-4-9-20)30(25)22-10-5-2-6-11-22/h1-18H,(H,32,33)/b24-18-,28-27?. The molecule has 1 aliphatic rings. The van der Waals surface area contributed by atoms with E-state index in [1.165, 1.54) is 11.8 Å². The molecule has 34 heavy (non-hydrogen) atoms. The Balaban J connectivity index is 1.53. The first-order valence-corrected chi connectivity index (χ1v) is 11.4. The average molecular weight is 466 g/mol. The maximum absolute atomic E-state index is 13.5. The molecule has 3 aromatic carbocycles. The Morgan fingerprint density at radius 2 is 1.50 bits per heavy atom. The zero-order chi connectivity index (χ0) is 23.5. The Labute approximate surface area is 200 Å². The quantitative estimate of drug-likeness (QED) is 0.368. The van der Waals surface area contributed by atoms with E-state index in [-0.39, 0.29) is 11.5 Å². The zero-order valence-corrected chi connectivity index (χ0v) is 18.7. The summed E-state index contributed by atoms with van der Waals surface area (Å²) in [5.41, 5.74) is 3.33. The number of thioether (sulfide) groups is 1. The molecule has 0 bridgehead atoms. The third kappa shape index (κ3) is 4.29. The van der Waals surface area contributed by atoms with Gasteiger partial charge in [-0.05, 0) is 78.5 Å². The smallest absolute Gasteiger partial charge is 0.335 e. The van der Waals surface area contributed by atoms with Crippen molar-refractivity contribution in [1.29, 1.82) is 0 Å². The van der Waals surface area contributed by atoms with Crippen LogP contribution in [0.3, 0.4) is 0 Å². The first-order valence-electron chi connectivity index (χ1n) is 10.5. The molecule has 1 aromatic heterocycles. The van der Waals surface area contributed by atoms with Crippen molar-refractivity contribution in [2.75, 3.05) is 4.90 Å². The minimum absolute atomic E-state index is 0.153. The highest BCUT2D eigenvalue weighted by Gasteiger charge is 2.34. The molecule has 166 valence electrons. The highest BCUT2D eigenvalue weighted by molar-refractivity contribution is 8.19. The number of aromatic nitrogens is 1. The number of hydrogen-bond donors (Lipinski definition) is 1. The van der Waals surface area contributed by atoms with Crippen molar-refractivity contribution in [3.8, 4) is 5.69 Å². The highest BCUT2D eigenvalue weighted by Crippen LogP contribution is 2.37. The van der Waals surface area contributed by atoms with Gasteiger partial charge in [0.2, 0.25) is 0 Å². The van der Waals surface area contributed by atoms with E-state index in [9.17, 15) is 9.59 Å². The van der Waals surface area contributed by atoms with Crippen molar-refractivity contribution in [3.63, 3.8) is 0 Å². The number of carbonyl (C=O) groups excluding carboxylic acids is 1. The third-order valence-electron chi connectivity index (χ3n) is 5.25. The Kier molecular flexibility index (Phi) is 5.84. The zero-order valence-electron chi connectivity index (χ0n) is 17.9. The molecule has 0 radical (unpaired) electrons. The van der Waals surface area contributed by atoms with E-state index in [4.69, 9.17) is 10.1 Å². The Morgan fingerprint density at radius 1 is 0.824 bits per heavy atom. The van der Waals surface area contributed by atoms with Crippen LogP contribution in [0.1, 0.15) is 16.1 Å². The van der Waals surface area contributed by atoms with Gasteiger partial charge in [0.05, 0.1) is 21.8 Å². The van der Waals surface area contributed by atoms with E-state index >= 15 is 0 Å². The topological polar surface area (TPSA) is 74.9 Å². The minimum atomic E-state index is -0.972. The first kappa shape index (κ1) is 21.5. The molecule has 1 saturated heterocycles. The Hall–Kier alpha value is -4.36. The molecule has 1 fully saturated rings. The monoisotopic (exact) mass is 465 g/mol. The SMILES string of the molecule is O=C(O)c1ccc(-n2cccc2/C=C2\SC(=Nc3ccccc3)N(c3ccccc3)C2=O)cc1. The van der Waals surface area contributed by atoms with Crippen LogP contribution in [0.15, 0.2) is 113 Å². The predicted molar refractivity (Wildman–Crippen MR) is 136 cm³/mol. The van der Waals surface area contributed by atoms with E-state index in [0.717, 1.165) is 22.8 Å². The van der Waals surface area contributed by atoms with Gasteiger partial charge in [-0.1, -0.05) is 36.4 Å². The van der Waals surface area contributed by atoms with E-state index < -0.39 is 5.97 Å². The average Bonchev–Trinajstić information content (AvgIpc) is 3.45. The van der Waals surface area contributed by atoms with Gasteiger partial charge in [-0.25, -0.2) is 9.79 Å². The second-order valence-electron chi connectivity index (χ2n) is 7.47. The van der Waals surface area contributed by atoms with Gasteiger partial charge in [-0.15, -0.1) is 0 Å². The molecule has 0 spiro atoms. The summed E-state index contributed by atoms with van der Waals surface area (Å²) in [6, 6.07) is 29.4. The maximum Gasteiger partial charge on any atom is 0.335 e. The fourth-order valence-electron chi connectivity index (χ4n) is 3.61. The van der Waals surface area contributed by atoms with Crippen LogP contribution < -0.4 is 4.90 Å². The number of aromatic carboxylic acids is 1. The molecule has 6 nitrogen and oxygen atoms in total. The van der Waals surface area contributed by atoms with Crippen LogP contribution in [0.25, 0.3) is 11.8 Å². The lowest BCUT2D eigenvalue weighted by atomic mass is 10.2. The number of hydrogen-bond acceptors (Lipinski definition) is 4. The first-order chi connectivity index (χ1) is 16.6. The molecule has 0 unspecified atom stereocenters. The Morgan fingerprint density at radius 3 is 2.18 bits per heavy atom. The molecular weight excluding hydrogens is 446 g/mol. The molecule has 4 aromatic rings. The number of amides is 1. The lowest BCUT2D eigenvalue weighted by Crippen LogP contribution is -2.28. The summed E-state index contributed by atoms with van der Waals surface area (Å²) < 4.78 is 1.91. The summed E-state index contributed by atoms with van der Waals surface area (Å²) in [5.74, 6) is -1.12. The number of benzene rings is 3. The normalized spacial score (nSPS) is 15.9. The van der Waals surface area contributed by atoms with Crippen molar-refractivity contribution in [1.82, 2.24) is 4.57 Å². The van der Waals surface area contributed by atoms with Gasteiger partial charge in [0, 0.05) is 17.6 Å². The molecule has 5 rings (SSSR count). The number of amidine groups is 1. The largest absolute Gasteiger partial charge is 0.478 e. The van der Waals surface area contributed by atoms with Crippen LogP contribution in [0.2, 0.25) is 0 Å². The van der Waals surface area contributed by atoms with E-state index in [0.29, 0.717) is 10.1 Å². The number of nitrogens with zero attached hydrogens (tertiary/aromatic N) is 3. The number of para-hydroxylation sites is 2. The molecule has 0 aliphatic carbocycles. The number of carboxylic acid groups (broad SMARTS) is 1. The van der Waals surface area contributed by atoms with Gasteiger partial charge >= 0.3 is 5.97 Å². The number of rotatable bonds is 5. The second-order valence-corrected chi connectivity index (χ2v) is 8.48. The minimum Gasteiger partial charge on any atom is -0.478 e. The number of anilines is 1. The molecule has 0 saturated carbocycles. The van der Waals surface area contributed by atoms with Crippen LogP contribution in [-0.2, 0) is 4.79 Å². The molecule has 1 N–H and O–H groups in total. The second kappa shape index (κ2) is 9.25.